The van der Waals surface area contributed by atoms with Gasteiger partial charge in [-0.2, -0.15) is 0 Å². The lowest BCUT2D eigenvalue weighted by molar-refractivity contribution is -0.120. The van der Waals surface area contributed by atoms with E-state index in [1.807, 2.05) is 24.3 Å². The Kier molecular flexibility index (Phi) is 5.31. The second kappa shape index (κ2) is 6.52. The average molecular weight is 250 g/mol. The van der Waals surface area contributed by atoms with Crippen LogP contribution in [0.25, 0.3) is 0 Å². The third kappa shape index (κ3) is 4.47. The van der Waals surface area contributed by atoms with Crippen LogP contribution >= 0.6 is 0 Å². The van der Waals surface area contributed by atoms with E-state index in [0.717, 1.165) is 17.5 Å². The number of nitrogens with one attached hydrogen (secondary N) is 1. The minimum atomic E-state index is -0.197. The van der Waals surface area contributed by atoms with E-state index in [9.17, 15) is 4.79 Å². The second-order valence-corrected chi connectivity index (χ2v) is 4.91. The molecule has 0 bridgehead atoms. The molecule has 0 aliphatic rings. The molecule has 1 aromatic carbocycles. The number of carbonyl (C=O) groups is 1. The van der Waals surface area contributed by atoms with Crippen LogP contribution in [-0.4, -0.2) is 11.5 Å². The van der Waals surface area contributed by atoms with Gasteiger partial charge >= 0.3 is 0 Å². The Labute approximate surface area is 108 Å². The van der Waals surface area contributed by atoms with E-state index in [1.54, 1.807) is 0 Å². The first kappa shape index (κ1) is 14.7. The van der Waals surface area contributed by atoms with Crippen LogP contribution in [0.4, 0.5) is 0 Å². The number of ether oxygens (including phenoxy) is 1. The smallest absolute Gasteiger partial charge is 0.238 e. The zero-order valence-corrected chi connectivity index (χ0v) is 11.3. The Morgan fingerprint density at radius 3 is 2.50 bits per heavy atom. The Bertz CT molecular complexity index is 403. The summed E-state index contributed by atoms with van der Waals surface area (Å²) >= 11 is 0. The first-order valence-corrected chi connectivity index (χ1v) is 6.18. The first-order chi connectivity index (χ1) is 8.48. The maximum Gasteiger partial charge on any atom is 0.238 e. The third-order valence-electron chi connectivity index (χ3n) is 3.10. The van der Waals surface area contributed by atoms with Crippen molar-refractivity contribution in [3.8, 4) is 0 Å². The molecule has 0 aromatic heterocycles. The molecule has 0 heterocycles. The van der Waals surface area contributed by atoms with Crippen LogP contribution in [0, 0.1) is 0 Å². The number of hydrogen-bond donors (Lipinski definition) is 2. The molecular formula is C14H22N2O2. The second-order valence-electron chi connectivity index (χ2n) is 4.91. The van der Waals surface area contributed by atoms with E-state index in [-0.39, 0.29) is 17.9 Å². The Morgan fingerprint density at radius 1 is 1.33 bits per heavy atom. The summed E-state index contributed by atoms with van der Waals surface area (Å²) < 4.78 is 5.86. The van der Waals surface area contributed by atoms with E-state index >= 15 is 0 Å². The van der Waals surface area contributed by atoms with Crippen molar-refractivity contribution in [2.24, 2.45) is 5.84 Å². The predicted molar refractivity (Wildman–Crippen MR) is 71.6 cm³/mol. The van der Waals surface area contributed by atoms with E-state index in [0.29, 0.717) is 6.61 Å². The molecule has 0 spiro atoms. The van der Waals surface area contributed by atoms with Gasteiger partial charge in [-0.1, -0.05) is 31.2 Å². The first-order valence-electron chi connectivity index (χ1n) is 6.18. The topological polar surface area (TPSA) is 64.3 Å². The van der Waals surface area contributed by atoms with Crippen molar-refractivity contribution in [1.29, 1.82) is 0 Å². The van der Waals surface area contributed by atoms with Crippen molar-refractivity contribution < 1.29 is 9.53 Å². The predicted octanol–water partition coefficient (Wildman–Crippen LogP) is 1.92. The number of rotatable bonds is 6. The van der Waals surface area contributed by atoms with Gasteiger partial charge in [-0.15, -0.1) is 0 Å². The van der Waals surface area contributed by atoms with Crippen LogP contribution in [0.5, 0.6) is 0 Å². The van der Waals surface area contributed by atoms with Crippen molar-refractivity contribution in [2.45, 2.75) is 45.8 Å². The van der Waals surface area contributed by atoms with Gasteiger partial charge in [0, 0.05) is 0 Å². The van der Waals surface area contributed by atoms with Crippen molar-refractivity contribution in [3.05, 3.63) is 35.4 Å². The van der Waals surface area contributed by atoms with E-state index in [1.165, 1.54) is 0 Å². The fourth-order valence-corrected chi connectivity index (χ4v) is 1.47. The maximum atomic E-state index is 11.3. The molecule has 0 aliphatic carbocycles. The summed E-state index contributed by atoms with van der Waals surface area (Å²) in [5, 5.41) is 0. The number of hydrogen-bond acceptors (Lipinski definition) is 3. The average Bonchev–Trinajstić information content (AvgIpc) is 2.37. The molecule has 0 fully saturated rings. The number of benzene rings is 1. The number of carbonyl (C=O) groups excluding carboxylic acids is 1. The highest BCUT2D eigenvalue weighted by atomic mass is 16.5. The van der Waals surface area contributed by atoms with Crippen LogP contribution in [0.1, 0.15) is 38.3 Å². The number of nitrogens with two attached hydrogens (primary N) is 1. The van der Waals surface area contributed by atoms with Gasteiger partial charge in [0.15, 0.2) is 0 Å². The molecule has 0 saturated carbocycles. The molecule has 18 heavy (non-hydrogen) atoms. The quantitative estimate of drug-likeness (QED) is 0.460. The highest BCUT2D eigenvalue weighted by molar-refractivity contribution is 5.78. The summed E-state index contributed by atoms with van der Waals surface area (Å²) in [6.07, 6.45) is 1.22. The number of hydrazine groups is 1. The maximum absolute atomic E-state index is 11.3. The standard InChI is InChI=1S/C14H22N2O2/c1-4-14(2,3)18-10-12-8-6-5-7-11(12)9-13(17)16-15/h5-8H,4,9-10,15H2,1-3H3,(H,16,17). The van der Waals surface area contributed by atoms with Gasteiger partial charge in [0.1, 0.15) is 0 Å². The monoisotopic (exact) mass is 250 g/mol. The van der Waals surface area contributed by atoms with E-state index < -0.39 is 0 Å². The largest absolute Gasteiger partial charge is 0.371 e. The lowest BCUT2D eigenvalue weighted by Gasteiger charge is -2.24. The van der Waals surface area contributed by atoms with Gasteiger partial charge < -0.3 is 4.74 Å². The van der Waals surface area contributed by atoms with Crippen LogP contribution < -0.4 is 11.3 Å². The summed E-state index contributed by atoms with van der Waals surface area (Å²) in [6, 6.07) is 7.76. The fourth-order valence-electron chi connectivity index (χ4n) is 1.47. The summed E-state index contributed by atoms with van der Waals surface area (Å²) in [7, 11) is 0. The van der Waals surface area contributed by atoms with E-state index in [2.05, 4.69) is 26.2 Å². The normalized spacial score (nSPS) is 11.3. The van der Waals surface area contributed by atoms with Gasteiger partial charge in [0.2, 0.25) is 5.91 Å². The van der Waals surface area contributed by atoms with Crippen molar-refractivity contribution >= 4 is 5.91 Å². The molecular weight excluding hydrogens is 228 g/mol. The molecule has 0 saturated heterocycles. The van der Waals surface area contributed by atoms with Crippen molar-refractivity contribution in [2.75, 3.05) is 0 Å². The lowest BCUT2D eigenvalue weighted by atomic mass is 10.0. The summed E-state index contributed by atoms with van der Waals surface area (Å²) in [4.78, 5) is 11.3. The Morgan fingerprint density at radius 2 is 1.94 bits per heavy atom. The summed E-state index contributed by atoms with van der Waals surface area (Å²) in [6.45, 7) is 6.72. The molecule has 1 rings (SSSR count). The van der Waals surface area contributed by atoms with E-state index in [4.69, 9.17) is 10.6 Å². The molecule has 100 valence electrons. The SMILES string of the molecule is CCC(C)(C)OCc1ccccc1CC(=O)NN. The van der Waals surface area contributed by atoms with Crippen LogP contribution in [0.15, 0.2) is 24.3 Å². The summed E-state index contributed by atoms with van der Waals surface area (Å²) in [5.74, 6) is 4.91. The molecule has 0 atom stereocenters. The molecule has 1 aromatic rings. The molecule has 3 N–H and O–H groups in total. The number of amides is 1. The fraction of sp³-hybridized carbons (Fsp3) is 0.500. The van der Waals surface area contributed by atoms with Crippen LogP contribution in [0.3, 0.4) is 0 Å². The highest BCUT2D eigenvalue weighted by Crippen LogP contribution is 2.18. The van der Waals surface area contributed by atoms with Crippen LogP contribution in [0.2, 0.25) is 0 Å². The molecule has 0 radical (unpaired) electrons. The van der Waals surface area contributed by atoms with Crippen LogP contribution in [-0.2, 0) is 22.6 Å². The zero-order chi connectivity index (χ0) is 13.6. The Balaban J connectivity index is 2.73. The molecule has 0 aliphatic heterocycles. The van der Waals surface area contributed by atoms with Gasteiger partial charge in [-0.05, 0) is 31.4 Å². The zero-order valence-electron chi connectivity index (χ0n) is 11.3. The van der Waals surface area contributed by atoms with Crippen molar-refractivity contribution in [3.63, 3.8) is 0 Å². The highest BCUT2D eigenvalue weighted by Gasteiger charge is 2.16. The molecule has 1 amide bonds. The van der Waals surface area contributed by atoms with Gasteiger partial charge in [0.05, 0.1) is 18.6 Å². The molecule has 4 heteroatoms. The van der Waals surface area contributed by atoms with Gasteiger partial charge in [0.25, 0.3) is 0 Å². The van der Waals surface area contributed by atoms with Crippen molar-refractivity contribution in [1.82, 2.24) is 5.43 Å². The lowest BCUT2D eigenvalue weighted by Crippen LogP contribution is -2.31. The Hall–Kier alpha value is -1.39. The van der Waals surface area contributed by atoms with Gasteiger partial charge in [-0.25, -0.2) is 5.84 Å². The summed E-state index contributed by atoms with van der Waals surface area (Å²) in [5.41, 5.74) is 3.98. The third-order valence-corrected chi connectivity index (χ3v) is 3.10. The molecule has 0 unspecified atom stereocenters. The molecule has 4 nitrogen and oxygen atoms in total. The minimum absolute atomic E-state index is 0.150. The minimum Gasteiger partial charge on any atom is -0.371 e. The van der Waals surface area contributed by atoms with Gasteiger partial charge in [-0.3, -0.25) is 10.2 Å².